The minimum absolute atomic E-state index is 0.377. The van der Waals surface area contributed by atoms with E-state index in [2.05, 4.69) is 32.1 Å². The first-order valence-corrected chi connectivity index (χ1v) is 9.69. The lowest BCUT2D eigenvalue weighted by molar-refractivity contribution is -0.148. The Bertz CT molecular complexity index is 780. The number of ketones is 2. The summed E-state index contributed by atoms with van der Waals surface area (Å²) in [4.78, 5) is 34.0. The van der Waals surface area contributed by atoms with Crippen molar-refractivity contribution in [3.05, 3.63) is 59.6 Å². The van der Waals surface area contributed by atoms with E-state index < -0.39 is 23.6 Å². The van der Waals surface area contributed by atoms with Gasteiger partial charge in [0.15, 0.2) is 6.10 Å². The highest BCUT2D eigenvalue weighted by atomic mass is 16.6. The Morgan fingerprint density at radius 3 is 2.68 bits per heavy atom. The second-order valence-electron chi connectivity index (χ2n) is 7.36. The predicted octanol–water partition coefficient (Wildman–Crippen LogP) is 4.53. The molecule has 0 amide bonds. The van der Waals surface area contributed by atoms with E-state index in [0.29, 0.717) is 11.5 Å². The maximum absolute atomic E-state index is 11.6. The molecule has 0 spiro atoms. The van der Waals surface area contributed by atoms with Crippen molar-refractivity contribution in [2.75, 3.05) is 0 Å². The Balaban J connectivity index is 1.69. The van der Waals surface area contributed by atoms with Crippen molar-refractivity contribution < 1.29 is 23.5 Å². The second kappa shape index (κ2) is 10.6. The fourth-order valence-corrected chi connectivity index (χ4v) is 3.01. The molecule has 1 aliphatic rings. The van der Waals surface area contributed by atoms with Crippen LogP contribution in [0.25, 0.3) is 0 Å². The normalized spacial score (nSPS) is 19.5. The molecule has 2 rings (SSSR count). The number of carbonyl (C=O) groups excluding carboxylic acids is 3. The van der Waals surface area contributed by atoms with Gasteiger partial charge in [0.1, 0.15) is 0 Å². The minimum atomic E-state index is -1.05. The van der Waals surface area contributed by atoms with Gasteiger partial charge in [-0.1, -0.05) is 36.8 Å². The van der Waals surface area contributed by atoms with Gasteiger partial charge in [0.05, 0.1) is 12.5 Å². The smallest absolute Gasteiger partial charge is 0.384 e. The third-order valence-electron chi connectivity index (χ3n) is 4.81. The summed E-state index contributed by atoms with van der Waals surface area (Å²) in [6, 6.07) is 2.00. The van der Waals surface area contributed by atoms with E-state index in [0.717, 1.165) is 32.1 Å². The molecule has 0 radical (unpaired) electrons. The summed E-state index contributed by atoms with van der Waals surface area (Å²) >= 11 is 0. The summed E-state index contributed by atoms with van der Waals surface area (Å²) in [6.07, 6.45) is 15.6. The number of rotatable bonds is 10. The Hall–Kier alpha value is -2.69. The summed E-state index contributed by atoms with van der Waals surface area (Å²) in [5.41, 5.74) is 3.20. The maximum atomic E-state index is 11.6. The van der Waals surface area contributed by atoms with E-state index >= 15 is 0 Å². The number of ether oxygens (including phenoxy) is 1. The molecular weight excluding hydrogens is 356 g/mol. The number of carbonyl (C=O) groups is 3. The molecule has 1 aliphatic heterocycles. The number of allylic oxidation sites excluding steroid dienone is 5. The molecule has 0 saturated carbocycles. The monoisotopic (exact) mass is 384 g/mol. The highest BCUT2D eigenvalue weighted by Gasteiger charge is 2.42. The van der Waals surface area contributed by atoms with Crippen molar-refractivity contribution in [1.82, 2.24) is 0 Å². The third kappa shape index (κ3) is 6.48. The van der Waals surface area contributed by atoms with E-state index in [1.807, 2.05) is 12.1 Å². The zero-order chi connectivity index (χ0) is 20.5. The molecule has 0 N–H and O–H groups in total. The number of Topliss-reactive ketones (excluding diaryl/α,β-unsaturated/α-hetero) is 2. The summed E-state index contributed by atoms with van der Waals surface area (Å²) in [5, 5.41) is 0. The van der Waals surface area contributed by atoms with E-state index in [1.54, 1.807) is 19.5 Å². The van der Waals surface area contributed by atoms with Gasteiger partial charge in [-0.3, -0.25) is 9.59 Å². The summed E-state index contributed by atoms with van der Waals surface area (Å²) in [7, 11) is 0. The molecule has 0 aliphatic carbocycles. The fourth-order valence-electron chi connectivity index (χ4n) is 3.01. The quantitative estimate of drug-likeness (QED) is 0.256. The molecule has 1 aromatic rings. The van der Waals surface area contributed by atoms with Crippen LogP contribution in [0.2, 0.25) is 0 Å². The van der Waals surface area contributed by atoms with Crippen molar-refractivity contribution in [3.63, 3.8) is 0 Å². The van der Waals surface area contributed by atoms with Crippen molar-refractivity contribution in [3.8, 4) is 0 Å². The molecule has 0 aromatic carbocycles. The molecule has 1 aromatic heterocycles. The molecular formula is C23H28O5. The van der Waals surface area contributed by atoms with Crippen molar-refractivity contribution in [2.24, 2.45) is 5.92 Å². The van der Waals surface area contributed by atoms with Crippen LogP contribution < -0.4 is 0 Å². The zero-order valence-corrected chi connectivity index (χ0v) is 16.8. The topological polar surface area (TPSA) is 73.6 Å². The first-order valence-electron chi connectivity index (χ1n) is 9.69. The molecule has 5 heteroatoms. The Kier molecular flexibility index (Phi) is 8.18. The molecule has 2 heterocycles. The summed E-state index contributed by atoms with van der Waals surface area (Å²) < 4.78 is 9.89. The molecule has 5 nitrogen and oxygen atoms in total. The van der Waals surface area contributed by atoms with Crippen molar-refractivity contribution in [1.29, 1.82) is 0 Å². The Labute approximate surface area is 166 Å². The minimum Gasteiger partial charge on any atom is -0.472 e. The van der Waals surface area contributed by atoms with E-state index in [-0.39, 0.29) is 0 Å². The largest absolute Gasteiger partial charge is 0.472 e. The Morgan fingerprint density at radius 1 is 1.25 bits per heavy atom. The lowest BCUT2D eigenvalue weighted by atomic mass is 10.0. The number of hydrogen-bond acceptors (Lipinski definition) is 5. The average molecular weight is 384 g/mol. The highest BCUT2D eigenvalue weighted by molar-refractivity contribution is 6.66. The second-order valence-corrected chi connectivity index (χ2v) is 7.36. The molecule has 1 fully saturated rings. The standard InChI is InChI=1S/C23H28O5/c1-16(7-4-8-17(2)10-6-12-19-13-14-27-15-19)9-5-11-18(3)22-20(24)21(25)23(26)28-22/h4,7-8,11,13-16,22H,5-6,9-10,12H2,1-3H3. The number of aryl methyl sites for hydroxylation is 1. The van der Waals surface area contributed by atoms with Gasteiger partial charge in [-0.25, -0.2) is 4.79 Å². The number of hydrogen-bond donors (Lipinski definition) is 0. The third-order valence-corrected chi connectivity index (χ3v) is 4.81. The van der Waals surface area contributed by atoms with E-state index in [1.165, 1.54) is 11.1 Å². The molecule has 0 bridgehead atoms. The van der Waals surface area contributed by atoms with E-state index in [4.69, 9.17) is 9.15 Å². The van der Waals surface area contributed by atoms with Crippen LogP contribution >= 0.6 is 0 Å². The van der Waals surface area contributed by atoms with E-state index in [9.17, 15) is 14.4 Å². The van der Waals surface area contributed by atoms with Crippen LogP contribution in [-0.2, 0) is 25.5 Å². The number of cyclic esters (lactones) is 1. The Morgan fingerprint density at radius 2 is 2.04 bits per heavy atom. The van der Waals surface area contributed by atoms with Crippen LogP contribution in [0.15, 0.2) is 58.5 Å². The maximum Gasteiger partial charge on any atom is 0.384 e. The fraction of sp³-hybridized carbons (Fsp3) is 0.435. The first kappa shape index (κ1) is 21.6. The predicted molar refractivity (Wildman–Crippen MR) is 107 cm³/mol. The van der Waals surface area contributed by atoms with Crippen molar-refractivity contribution in [2.45, 2.75) is 59.0 Å². The summed E-state index contributed by atoms with van der Waals surface area (Å²) in [5.74, 6) is -2.49. The van der Waals surface area contributed by atoms with Gasteiger partial charge in [0, 0.05) is 0 Å². The average Bonchev–Trinajstić information content (AvgIpc) is 3.26. The summed E-state index contributed by atoms with van der Waals surface area (Å²) in [6.45, 7) is 5.98. The van der Waals surface area contributed by atoms with Gasteiger partial charge < -0.3 is 9.15 Å². The van der Waals surface area contributed by atoms with Crippen LogP contribution in [-0.4, -0.2) is 23.6 Å². The zero-order valence-electron chi connectivity index (χ0n) is 16.8. The van der Waals surface area contributed by atoms with Crippen LogP contribution in [0.3, 0.4) is 0 Å². The van der Waals surface area contributed by atoms with Crippen LogP contribution in [0, 0.1) is 5.92 Å². The van der Waals surface area contributed by atoms with Gasteiger partial charge in [-0.05, 0) is 69.1 Å². The molecule has 2 atom stereocenters. The van der Waals surface area contributed by atoms with Gasteiger partial charge in [0.25, 0.3) is 5.78 Å². The van der Waals surface area contributed by atoms with Crippen molar-refractivity contribution >= 4 is 17.5 Å². The van der Waals surface area contributed by atoms with Gasteiger partial charge in [-0.15, -0.1) is 0 Å². The lowest BCUT2D eigenvalue weighted by Gasteiger charge is -2.08. The van der Waals surface area contributed by atoms with Crippen LogP contribution in [0.1, 0.15) is 52.0 Å². The first-order chi connectivity index (χ1) is 13.4. The van der Waals surface area contributed by atoms with Gasteiger partial charge >= 0.3 is 11.8 Å². The highest BCUT2D eigenvalue weighted by Crippen LogP contribution is 2.18. The molecule has 2 unspecified atom stereocenters. The van der Waals surface area contributed by atoms with Gasteiger partial charge in [-0.2, -0.15) is 0 Å². The molecule has 1 saturated heterocycles. The SMILES string of the molecule is CC(=CC=CC(C)CCC=C(C)C1OC(=O)C(=O)C1=O)CCCc1ccoc1. The number of furan rings is 1. The van der Waals surface area contributed by atoms with Crippen LogP contribution in [0.4, 0.5) is 0 Å². The van der Waals surface area contributed by atoms with Gasteiger partial charge in [0.2, 0.25) is 0 Å². The van der Waals surface area contributed by atoms with Crippen LogP contribution in [0.5, 0.6) is 0 Å². The lowest BCUT2D eigenvalue weighted by Crippen LogP contribution is -2.21. The molecule has 28 heavy (non-hydrogen) atoms. The number of esters is 1. The molecule has 150 valence electrons.